The van der Waals surface area contributed by atoms with Crippen molar-refractivity contribution in [1.29, 1.82) is 0 Å². The van der Waals surface area contributed by atoms with E-state index in [4.69, 9.17) is 11.5 Å². The van der Waals surface area contributed by atoms with Gasteiger partial charge in [0, 0.05) is 0 Å². The number of amidine groups is 1. The van der Waals surface area contributed by atoms with Crippen LogP contribution in [0.4, 0.5) is 0 Å². The lowest BCUT2D eigenvalue weighted by atomic mass is 10.6. The van der Waals surface area contributed by atoms with Gasteiger partial charge in [0.1, 0.15) is 5.82 Å². The number of hydrogen-bond acceptors (Lipinski definition) is 2. The average molecular weight is 113 g/mol. The number of rotatable bonds is 1. The van der Waals surface area contributed by atoms with Crippen molar-refractivity contribution >= 4 is 5.84 Å². The molecule has 0 heterocycles. The van der Waals surface area contributed by atoms with Gasteiger partial charge in [0.25, 0.3) is 0 Å². The summed E-state index contributed by atoms with van der Waals surface area (Å²) < 4.78 is 0. The predicted octanol–water partition coefficient (Wildman–Crippen LogP) is 0.184. The van der Waals surface area contributed by atoms with Crippen LogP contribution in [0.25, 0.3) is 0 Å². The second kappa shape index (κ2) is 3.07. The summed E-state index contributed by atoms with van der Waals surface area (Å²) >= 11 is 0. The van der Waals surface area contributed by atoms with Crippen LogP contribution in [-0.4, -0.2) is 5.84 Å². The number of nitrogens with zero attached hydrogens (tertiary/aromatic N) is 1. The molecule has 0 aromatic rings. The maximum Gasteiger partial charge on any atom is 0.121 e. The van der Waals surface area contributed by atoms with Crippen molar-refractivity contribution in [3.63, 3.8) is 0 Å². The van der Waals surface area contributed by atoms with Gasteiger partial charge in [-0.3, -0.25) is 0 Å². The van der Waals surface area contributed by atoms with Crippen molar-refractivity contribution in [1.82, 2.24) is 0 Å². The van der Waals surface area contributed by atoms with Gasteiger partial charge < -0.3 is 11.5 Å². The van der Waals surface area contributed by atoms with Crippen LogP contribution >= 0.6 is 0 Å². The highest BCUT2D eigenvalue weighted by Gasteiger charge is 1.78. The van der Waals surface area contributed by atoms with Crippen LogP contribution in [0, 0.1) is 0 Å². The average Bonchev–Trinajstić information content (AvgIpc) is 1.65. The molecule has 0 fully saturated rings. The molecule has 0 aromatic heterocycles. The second-order valence-corrected chi connectivity index (χ2v) is 1.47. The molecule has 0 atom stereocenters. The Labute approximate surface area is 49.1 Å². The molecule has 0 rings (SSSR count). The fraction of sp³-hybridized carbons (Fsp3) is 0.400. The summed E-state index contributed by atoms with van der Waals surface area (Å²) in [6, 6.07) is 0. The smallest absolute Gasteiger partial charge is 0.121 e. The zero-order valence-corrected chi connectivity index (χ0v) is 5.18. The van der Waals surface area contributed by atoms with E-state index in [1.807, 2.05) is 6.92 Å². The van der Waals surface area contributed by atoms with Crippen LogP contribution in [0.5, 0.6) is 0 Å². The molecule has 0 spiro atoms. The molecule has 0 saturated heterocycles. The lowest BCUT2D eigenvalue weighted by Crippen LogP contribution is -2.07. The van der Waals surface area contributed by atoms with Crippen LogP contribution in [0.15, 0.2) is 16.9 Å². The van der Waals surface area contributed by atoms with Crippen molar-refractivity contribution in [3.8, 4) is 0 Å². The Bertz CT molecular complexity index is 120. The minimum absolute atomic E-state index is 0.463. The van der Waals surface area contributed by atoms with Gasteiger partial charge >= 0.3 is 0 Å². The van der Waals surface area contributed by atoms with Crippen molar-refractivity contribution in [3.05, 3.63) is 11.9 Å². The van der Waals surface area contributed by atoms with Gasteiger partial charge in [-0.25, -0.2) is 4.99 Å². The standard InChI is InChI=1S/C5H11N3/c1-3-5(7)8-4(2)6/h3H,7H2,1-2H3,(H2,6,8)/b5-3-. The molecule has 0 aliphatic rings. The lowest BCUT2D eigenvalue weighted by Gasteiger charge is -1.89. The van der Waals surface area contributed by atoms with Crippen molar-refractivity contribution in [2.45, 2.75) is 13.8 Å². The monoisotopic (exact) mass is 113 g/mol. The SMILES string of the molecule is C/C=C(N)\N=C(\C)N. The topological polar surface area (TPSA) is 64.4 Å². The van der Waals surface area contributed by atoms with Crippen LogP contribution in [-0.2, 0) is 0 Å². The molecular formula is C5H11N3. The van der Waals surface area contributed by atoms with E-state index in [2.05, 4.69) is 4.99 Å². The molecule has 46 valence electrons. The Hall–Kier alpha value is -0.990. The van der Waals surface area contributed by atoms with Gasteiger partial charge in [-0.05, 0) is 19.9 Å². The van der Waals surface area contributed by atoms with Crippen LogP contribution in [0.3, 0.4) is 0 Å². The minimum Gasteiger partial charge on any atom is -0.387 e. The Morgan fingerprint density at radius 2 is 2.00 bits per heavy atom. The molecule has 8 heavy (non-hydrogen) atoms. The largest absolute Gasteiger partial charge is 0.387 e. The maximum atomic E-state index is 5.27. The Morgan fingerprint density at radius 1 is 1.50 bits per heavy atom. The molecule has 4 N–H and O–H groups in total. The molecular weight excluding hydrogens is 102 g/mol. The molecule has 0 unspecified atom stereocenters. The molecule has 0 amide bonds. The minimum atomic E-state index is 0.463. The van der Waals surface area contributed by atoms with Crippen LogP contribution < -0.4 is 11.5 Å². The summed E-state index contributed by atoms with van der Waals surface area (Å²) in [4.78, 5) is 3.73. The van der Waals surface area contributed by atoms with Gasteiger partial charge in [-0.1, -0.05) is 0 Å². The van der Waals surface area contributed by atoms with Gasteiger partial charge in [0.05, 0.1) is 5.84 Å². The highest BCUT2D eigenvalue weighted by molar-refractivity contribution is 5.78. The zero-order chi connectivity index (χ0) is 6.57. The summed E-state index contributed by atoms with van der Waals surface area (Å²) in [7, 11) is 0. The number of hydrogen-bond donors (Lipinski definition) is 2. The van der Waals surface area contributed by atoms with E-state index in [9.17, 15) is 0 Å². The Balaban J connectivity index is 3.89. The van der Waals surface area contributed by atoms with E-state index in [0.717, 1.165) is 0 Å². The number of allylic oxidation sites excluding steroid dienone is 1. The summed E-state index contributed by atoms with van der Waals surface area (Å²) in [5.74, 6) is 0.950. The first-order valence-corrected chi connectivity index (χ1v) is 2.39. The summed E-state index contributed by atoms with van der Waals surface area (Å²) in [5, 5.41) is 0. The normalized spacial score (nSPS) is 14.2. The van der Waals surface area contributed by atoms with Crippen molar-refractivity contribution in [2.75, 3.05) is 0 Å². The summed E-state index contributed by atoms with van der Waals surface area (Å²) in [6.07, 6.45) is 1.69. The highest BCUT2D eigenvalue weighted by Crippen LogP contribution is 1.82. The molecule has 0 radical (unpaired) electrons. The molecule has 0 aliphatic heterocycles. The first-order valence-electron chi connectivity index (χ1n) is 2.39. The zero-order valence-electron chi connectivity index (χ0n) is 5.18. The van der Waals surface area contributed by atoms with E-state index in [1.165, 1.54) is 0 Å². The van der Waals surface area contributed by atoms with E-state index in [-0.39, 0.29) is 0 Å². The highest BCUT2D eigenvalue weighted by atomic mass is 14.9. The van der Waals surface area contributed by atoms with Crippen LogP contribution in [0.1, 0.15) is 13.8 Å². The molecule has 0 bridgehead atoms. The number of aliphatic imine (C=N–C) groups is 1. The quantitative estimate of drug-likeness (QED) is 0.376. The second-order valence-electron chi connectivity index (χ2n) is 1.47. The maximum absolute atomic E-state index is 5.27. The van der Waals surface area contributed by atoms with Gasteiger partial charge in [0.2, 0.25) is 0 Å². The molecule has 0 saturated carbocycles. The third kappa shape index (κ3) is 3.21. The van der Waals surface area contributed by atoms with Crippen molar-refractivity contribution < 1.29 is 0 Å². The van der Waals surface area contributed by atoms with Gasteiger partial charge in [-0.15, -0.1) is 0 Å². The summed E-state index contributed by atoms with van der Waals surface area (Å²) in [6.45, 7) is 3.50. The molecule has 3 heteroatoms. The first kappa shape index (κ1) is 7.01. The molecule has 0 aromatic carbocycles. The Kier molecular flexibility index (Phi) is 2.69. The fourth-order valence-electron chi connectivity index (χ4n) is 0.268. The summed E-state index contributed by atoms with van der Waals surface area (Å²) in [5.41, 5.74) is 10.5. The third-order valence-corrected chi connectivity index (χ3v) is 0.601. The van der Waals surface area contributed by atoms with Gasteiger partial charge in [0.15, 0.2) is 0 Å². The number of nitrogens with two attached hydrogens (primary N) is 2. The van der Waals surface area contributed by atoms with Gasteiger partial charge in [-0.2, -0.15) is 0 Å². The van der Waals surface area contributed by atoms with E-state index in [1.54, 1.807) is 13.0 Å². The first-order chi connectivity index (χ1) is 3.66. The Morgan fingerprint density at radius 3 is 2.12 bits per heavy atom. The molecule has 3 nitrogen and oxygen atoms in total. The van der Waals surface area contributed by atoms with E-state index < -0.39 is 0 Å². The fourth-order valence-corrected chi connectivity index (χ4v) is 0.268. The lowest BCUT2D eigenvalue weighted by molar-refractivity contribution is 1.21. The van der Waals surface area contributed by atoms with E-state index in [0.29, 0.717) is 11.7 Å². The third-order valence-electron chi connectivity index (χ3n) is 0.601. The molecule has 0 aliphatic carbocycles. The predicted molar refractivity (Wildman–Crippen MR) is 35.2 cm³/mol. The van der Waals surface area contributed by atoms with E-state index >= 15 is 0 Å². The van der Waals surface area contributed by atoms with Crippen molar-refractivity contribution in [2.24, 2.45) is 16.5 Å². The van der Waals surface area contributed by atoms with Crippen LogP contribution in [0.2, 0.25) is 0 Å².